The van der Waals surface area contributed by atoms with E-state index in [9.17, 15) is 18.5 Å². The van der Waals surface area contributed by atoms with Gasteiger partial charge >= 0.3 is 0 Å². The van der Waals surface area contributed by atoms with Crippen molar-refractivity contribution in [2.45, 2.75) is 50.1 Å². The minimum Gasteiger partial charge on any atom is -0.374 e. The summed E-state index contributed by atoms with van der Waals surface area (Å²) in [5, 5.41) is 16.2. The first-order chi connectivity index (χ1) is 12.8. The smallest absolute Gasteiger partial charge is 0.293 e. The summed E-state index contributed by atoms with van der Waals surface area (Å²) in [5.74, 6) is 0.606. The molecule has 3 rings (SSSR count). The lowest BCUT2D eigenvalue weighted by Gasteiger charge is -2.26. The molecule has 27 heavy (non-hydrogen) atoms. The highest BCUT2D eigenvalue weighted by Gasteiger charge is 2.26. The molecule has 0 unspecified atom stereocenters. The topological polar surface area (TPSA) is 114 Å². The van der Waals surface area contributed by atoms with E-state index in [1.807, 2.05) is 5.38 Å². The highest BCUT2D eigenvalue weighted by Crippen LogP contribution is 2.29. The van der Waals surface area contributed by atoms with E-state index in [-0.39, 0.29) is 22.3 Å². The molecule has 0 atom stereocenters. The Bertz CT molecular complexity index is 892. The second-order valence-corrected chi connectivity index (χ2v) is 9.28. The number of nitrogens with one attached hydrogen (secondary N) is 2. The Labute approximate surface area is 162 Å². The monoisotopic (exact) mass is 410 g/mol. The summed E-state index contributed by atoms with van der Waals surface area (Å²) in [5.41, 5.74) is 2.43. The molecule has 1 heterocycles. The highest BCUT2D eigenvalue weighted by molar-refractivity contribution is 7.89. The molecule has 1 aliphatic carbocycles. The van der Waals surface area contributed by atoms with Crippen LogP contribution in [0.4, 0.5) is 11.4 Å². The number of nitro benzene ring substituents is 1. The van der Waals surface area contributed by atoms with Gasteiger partial charge in [0.25, 0.3) is 5.69 Å². The van der Waals surface area contributed by atoms with Crippen LogP contribution in [0.5, 0.6) is 0 Å². The number of anilines is 1. The van der Waals surface area contributed by atoms with Crippen molar-refractivity contribution in [2.24, 2.45) is 5.92 Å². The Hall–Kier alpha value is -2.04. The molecule has 2 N–H and O–H groups in total. The molecule has 0 amide bonds. The van der Waals surface area contributed by atoms with Crippen molar-refractivity contribution >= 4 is 32.7 Å². The van der Waals surface area contributed by atoms with Crippen LogP contribution in [0.3, 0.4) is 0 Å². The Balaban J connectivity index is 1.77. The Morgan fingerprint density at radius 1 is 1.30 bits per heavy atom. The lowest BCUT2D eigenvalue weighted by Crippen LogP contribution is -2.37. The molecule has 1 aliphatic rings. The van der Waals surface area contributed by atoms with Crippen LogP contribution in [0, 0.1) is 16.0 Å². The van der Waals surface area contributed by atoms with Gasteiger partial charge in [-0.2, -0.15) is 0 Å². The van der Waals surface area contributed by atoms with Gasteiger partial charge in [-0.15, -0.1) is 11.3 Å². The van der Waals surface area contributed by atoms with Gasteiger partial charge < -0.3 is 5.32 Å². The number of sulfonamides is 1. The molecule has 1 fully saturated rings. The molecule has 0 aliphatic heterocycles. The normalized spacial score (nSPS) is 20.3. The first-order valence-electron chi connectivity index (χ1n) is 8.77. The van der Waals surface area contributed by atoms with E-state index < -0.39 is 14.9 Å². The molecule has 0 radical (unpaired) electrons. The third-order valence-corrected chi connectivity index (χ3v) is 6.91. The van der Waals surface area contributed by atoms with Crippen LogP contribution in [0.25, 0.3) is 0 Å². The number of nitro groups is 1. The highest BCUT2D eigenvalue weighted by atomic mass is 32.2. The van der Waals surface area contributed by atoms with Crippen molar-refractivity contribution in [3.63, 3.8) is 0 Å². The van der Waals surface area contributed by atoms with Gasteiger partial charge in [-0.05, 0) is 43.7 Å². The molecule has 0 spiro atoms. The maximum atomic E-state index is 12.6. The van der Waals surface area contributed by atoms with Gasteiger partial charge in [-0.25, -0.2) is 18.1 Å². The van der Waals surface area contributed by atoms with Crippen molar-refractivity contribution < 1.29 is 13.3 Å². The standard InChI is InChI=1S/C17H22N4O4S2/c1-12-2-4-13(5-3-12)20-27(24,25)15-6-7-16(17(8-15)21(22)23)18-9-14-10-26-11-19-14/h6-8,10-13,18,20H,2-5,9H2,1H3. The molecular weight excluding hydrogens is 388 g/mol. The Kier molecular flexibility index (Phi) is 6.08. The van der Waals surface area contributed by atoms with E-state index in [0.717, 1.165) is 37.4 Å². The molecule has 8 nitrogen and oxygen atoms in total. The van der Waals surface area contributed by atoms with E-state index in [2.05, 4.69) is 21.9 Å². The minimum absolute atomic E-state index is 0.0907. The maximum Gasteiger partial charge on any atom is 0.293 e. The Morgan fingerprint density at radius 3 is 2.67 bits per heavy atom. The predicted octanol–water partition coefficient (Wildman–Crippen LogP) is 3.52. The lowest BCUT2D eigenvalue weighted by molar-refractivity contribution is -0.384. The van der Waals surface area contributed by atoms with Crippen LogP contribution < -0.4 is 10.0 Å². The van der Waals surface area contributed by atoms with Crippen molar-refractivity contribution in [1.82, 2.24) is 9.71 Å². The minimum atomic E-state index is -3.80. The number of nitrogens with zero attached hydrogens (tertiary/aromatic N) is 2. The largest absolute Gasteiger partial charge is 0.374 e. The molecule has 2 aromatic rings. The zero-order valence-electron chi connectivity index (χ0n) is 14.9. The molecule has 10 heteroatoms. The summed E-state index contributed by atoms with van der Waals surface area (Å²) < 4.78 is 28.0. The van der Waals surface area contributed by atoms with Gasteiger partial charge in [0, 0.05) is 17.5 Å². The van der Waals surface area contributed by atoms with Crippen LogP contribution >= 0.6 is 11.3 Å². The Morgan fingerprint density at radius 2 is 2.04 bits per heavy atom. The summed E-state index contributed by atoms with van der Waals surface area (Å²) in [6.07, 6.45) is 3.53. The third-order valence-electron chi connectivity index (χ3n) is 4.76. The van der Waals surface area contributed by atoms with Gasteiger partial charge in [0.05, 0.1) is 27.6 Å². The number of hydrogen-bond acceptors (Lipinski definition) is 7. The van der Waals surface area contributed by atoms with E-state index >= 15 is 0 Å². The fourth-order valence-corrected chi connectivity index (χ4v) is 5.04. The van der Waals surface area contributed by atoms with Gasteiger partial charge in [-0.3, -0.25) is 10.1 Å². The lowest BCUT2D eigenvalue weighted by atomic mass is 9.88. The van der Waals surface area contributed by atoms with E-state index in [0.29, 0.717) is 12.5 Å². The van der Waals surface area contributed by atoms with E-state index in [1.54, 1.807) is 5.51 Å². The van der Waals surface area contributed by atoms with Crippen LogP contribution in [0.1, 0.15) is 38.3 Å². The fraction of sp³-hybridized carbons (Fsp3) is 0.471. The fourth-order valence-electron chi connectivity index (χ4n) is 3.16. The molecule has 1 saturated carbocycles. The van der Waals surface area contributed by atoms with Crippen LogP contribution in [-0.2, 0) is 16.6 Å². The van der Waals surface area contributed by atoms with Crippen molar-refractivity contribution in [3.8, 4) is 0 Å². The molecule has 146 valence electrons. The number of aromatic nitrogens is 1. The summed E-state index contributed by atoms with van der Waals surface area (Å²) in [4.78, 5) is 14.9. The summed E-state index contributed by atoms with van der Waals surface area (Å²) in [7, 11) is -3.80. The van der Waals surface area contributed by atoms with Crippen LogP contribution in [0.2, 0.25) is 0 Å². The number of benzene rings is 1. The quantitative estimate of drug-likeness (QED) is 0.533. The van der Waals surface area contributed by atoms with Crippen molar-refractivity contribution in [2.75, 3.05) is 5.32 Å². The first-order valence-corrected chi connectivity index (χ1v) is 11.2. The summed E-state index contributed by atoms with van der Waals surface area (Å²) in [6, 6.07) is 3.82. The zero-order valence-corrected chi connectivity index (χ0v) is 16.6. The zero-order chi connectivity index (χ0) is 19.4. The molecule has 0 bridgehead atoms. The van der Waals surface area contributed by atoms with Crippen molar-refractivity contribution in [3.05, 3.63) is 44.9 Å². The molecular formula is C17H22N4O4S2. The summed E-state index contributed by atoms with van der Waals surface area (Å²) >= 11 is 1.44. The average Bonchev–Trinajstić information content (AvgIpc) is 3.15. The van der Waals surface area contributed by atoms with Crippen LogP contribution in [0.15, 0.2) is 34.0 Å². The molecule has 1 aromatic heterocycles. The van der Waals surface area contributed by atoms with Gasteiger partial charge in [0.15, 0.2) is 0 Å². The third kappa shape index (κ3) is 5.02. The van der Waals surface area contributed by atoms with Crippen molar-refractivity contribution in [1.29, 1.82) is 0 Å². The maximum absolute atomic E-state index is 12.6. The summed E-state index contributed by atoms with van der Waals surface area (Å²) in [6.45, 7) is 2.49. The van der Waals surface area contributed by atoms with E-state index in [4.69, 9.17) is 0 Å². The van der Waals surface area contributed by atoms with Gasteiger partial charge in [0.2, 0.25) is 10.0 Å². The van der Waals surface area contributed by atoms with Crippen LogP contribution in [-0.4, -0.2) is 24.4 Å². The molecule has 1 aromatic carbocycles. The SMILES string of the molecule is CC1CCC(NS(=O)(=O)c2ccc(NCc3cscn3)c([N+](=O)[O-])c2)CC1. The number of hydrogen-bond donors (Lipinski definition) is 2. The second-order valence-electron chi connectivity index (χ2n) is 6.85. The average molecular weight is 411 g/mol. The number of thiazole rings is 1. The van der Waals surface area contributed by atoms with Gasteiger partial charge in [-0.1, -0.05) is 6.92 Å². The molecule has 0 saturated heterocycles. The number of rotatable bonds is 7. The van der Waals surface area contributed by atoms with Gasteiger partial charge in [0.1, 0.15) is 5.69 Å². The second kappa shape index (κ2) is 8.32. The van der Waals surface area contributed by atoms with E-state index in [1.165, 1.54) is 23.5 Å². The predicted molar refractivity (Wildman–Crippen MR) is 104 cm³/mol. The first kappa shape index (κ1) is 19.7.